The molecule has 2 nitrogen and oxygen atoms in total. The highest BCUT2D eigenvalue weighted by Crippen LogP contribution is 2.45. The van der Waals surface area contributed by atoms with Crippen molar-refractivity contribution in [2.45, 2.75) is 18.9 Å². The topological polar surface area (TPSA) is 16.4 Å². The van der Waals surface area contributed by atoms with Gasteiger partial charge in [-0.1, -0.05) is 134 Å². The van der Waals surface area contributed by atoms with Gasteiger partial charge in [0.15, 0.2) is 0 Å². The first-order valence-corrected chi connectivity index (χ1v) is 16.8. The highest BCUT2D eigenvalue weighted by atomic mass is 16.3. The summed E-state index contributed by atoms with van der Waals surface area (Å²) in [4.78, 5) is 2.53. The average molecular weight is 618 g/mol. The summed E-state index contributed by atoms with van der Waals surface area (Å²) in [5, 5.41) is 7.15. The van der Waals surface area contributed by atoms with Crippen LogP contribution in [0.25, 0.3) is 54.6 Å². The number of allylic oxidation sites excluding steroid dienone is 7. The number of anilines is 2. The van der Waals surface area contributed by atoms with E-state index in [-0.39, 0.29) is 6.04 Å². The van der Waals surface area contributed by atoms with Gasteiger partial charge in [-0.2, -0.15) is 0 Å². The Bertz CT molecular complexity index is 2500. The lowest BCUT2D eigenvalue weighted by Gasteiger charge is -2.36. The SMILES string of the molecule is C=CC1=CC(N(c2ccc3ccccc3c2)c2ccccc2-c2cccc3oc4cc5ccccc5cc4c23)CC=C1C1C=CC=CC1. The molecular formula is C46H35NO. The van der Waals surface area contributed by atoms with Crippen molar-refractivity contribution in [3.63, 3.8) is 0 Å². The van der Waals surface area contributed by atoms with Gasteiger partial charge in [0.2, 0.25) is 0 Å². The van der Waals surface area contributed by atoms with Crippen LogP contribution < -0.4 is 4.90 Å². The fourth-order valence-electron chi connectivity index (χ4n) is 7.76. The van der Waals surface area contributed by atoms with E-state index >= 15 is 0 Å². The largest absolute Gasteiger partial charge is 0.456 e. The van der Waals surface area contributed by atoms with Crippen LogP contribution in [0, 0.1) is 5.92 Å². The number of hydrogen-bond acceptors (Lipinski definition) is 2. The van der Waals surface area contributed by atoms with Crippen LogP contribution in [0.3, 0.4) is 0 Å². The summed E-state index contributed by atoms with van der Waals surface area (Å²) < 4.78 is 6.52. The molecule has 2 aliphatic rings. The minimum absolute atomic E-state index is 0.0939. The van der Waals surface area contributed by atoms with Crippen LogP contribution in [0.15, 0.2) is 186 Å². The molecule has 2 aliphatic carbocycles. The third kappa shape index (κ3) is 4.80. The van der Waals surface area contributed by atoms with Crippen LogP contribution >= 0.6 is 0 Å². The predicted octanol–water partition coefficient (Wildman–Crippen LogP) is 12.6. The molecule has 0 saturated heterocycles. The first-order chi connectivity index (χ1) is 23.7. The van der Waals surface area contributed by atoms with E-state index in [1.807, 2.05) is 6.08 Å². The molecule has 2 heteroatoms. The fourth-order valence-corrected chi connectivity index (χ4v) is 7.76. The summed E-state index contributed by atoms with van der Waals surface area (Å²) in [5.41, 5.74) is 9.08. The lowest BCUT2D eigenvalue weighted by molar-refractivity contribution is 0.669. The molecule has 6 aromatic carbocycles. The summed E-state index contributed by atoms with van der Waals surface area (Å²) in [6.07, 6.45) is 17.7. The maximum atomic E-state index is 6.52. The van der Waals surface area contributed by atoms with Crippen molar-refractivity contribution in [3.8, 4) is 11.1 Å². The van der Waals surface area contributed by atoms with Crippen LogP contribution in [0.5, 0.6) is 0 Å². The van der Waals surface area contributed by atoms with Crippen molar-refractivity contribution >= 4 is 54.9 Å². The van der Waals surface area contributed by atoms with Gasteiger partial charge in [-0.15, -0.1) is 0 Å². The van der Waals surface area contributed by atoms with Crippen molar-refractivity contribution in [2.75, 3.05) is 4.90 Å². The third-order valence-electron chi connectivity index (χ3n) is 10.0. The van der Waals surface area contributed by atoms with Crippen LogP contribution in [0.4, 0.5) is 11.4 Å². The molecule has 7 aromatic rings. The average Bonchev–Trinajstić information content (AvgIpc) is 3.52. The van der Waals surface area contributed by atoms with E-state index in [1.54, 1.807) is 0 Å². The fraction of sp³-hybridized carbons (Fsp3) is 0.0870. The number of benzene rings is 6. The van der Waals surface area contributed by atoms with Gasteiger partial charge in [0.1, 0.15) is 11.2 Å². The number of fused-ring (bicyclic) bond motifs is 5. The van der Waals surface area contributed by atoms with Gasteiger partial charge in [0.25, 0.3) is 0 Å². The number of para-hydroxylation sites is 1. The molecule has 2 atom stereocenters. The van der Waals surface area contributed by atoms with Crippen molar-refractivity contribution in [3.05, 3.63) is 182 Å². The summed E-state index contributed by atoms with van der Waals surface area (Å²) in [6.45, 7) is 4.27. The molecule has 9 rings (SSSR count). The van der Waals surface area contributed by atoms with Gasteiger partial charge in [0.05, 0.1) is 6.04 Å². The van der Waals surface area contributed by atoms with E-state index in [9.17, 15) is 0 Å². The second kappa shape index (κ2) is 11.7. The molecule has 1 aromatic heterocycles. The molecular weight excluding hydrogens is 583 g/mol. The van der Waals surface area contributed by atoms with E-state index in [0.717, 1.165) is 40.5 Å². The summed E-state index contributed by atoms with van der Waals surface area (Å²) in [7, 11) is 0. The number of hydrogen-bond donors (Lipinski definition) is 0. The Balaban J connectivity index is 1.24. The van der Waals surface area contributed by atoms with Crippen LogP contribution in [0.2, 0.25) is 0 Å². The molecule has 1 heterocycles. The minimum atomic E-state index is 0.0939. The molecule has 0 amide bonds. The van der Waals surface area contributed by atoms with Crippen molar-refractivity contribution in [1.82, 2.24) is 0 Å². The van der Waals surface area contributed by atoms with Crippen molar-refractivity contribution < 1.29 is 4.42 Å². The Morgan fingerprint density at radius 3 is 2.23 bits per heavy atom. The Kier molecular flexibility index (Phi) is 6.94. The molecule has 48 heavy (non-hydrogen) atoms. The zero-order valence-corrected chi connectivity index (χ0v) is 26.7. The normalized spacial score (nSPS) is 17.6. The van der Waals surface area contributed by atoms with Crippen molar-refractivity contribution in [1.29, 1.82) is 0 Å². The Labute approximate surface area is 280 Å². The monoisotopic (exact) mass is 617 g/mol. The summed E-state index contributed by atoms with van der Waals surface area (Å²) in [6, 6.07) is 43.8. The molecule has 0 fully saturated rings. The first kappa shape index (κ1) is 28.4. The maximum Gasteiger partial charge on any atom is 0.136 e. The standard InChI is InChI=1S/C46H35NO/c1-2-31-27-38(25-26-39(31)33-14-4-3-5-15-33)47(37-24-23-32-13-6-7-16-34(32)28-37)43-21-11-10-19-40(43)41-20-12-22-44-46(41)42-29-35-17-8-9-18-36(35)30-45(42)48-44/h2-14,16-24,26-30,33,38H,1,15,25H2. The van der Waals surface area contributed by atoms with E-state index in [1.165, 1.54) is 49.5 Å². The molecule has 2 unspecified atom stereocenters. The first-order valence-electron chi connectivity index (χ1n) is 16.8. The maximum absolute atomic E-state index is 6.52. The molecule has 0 radical (unpaired) electrons. The van der Waals surface area contributed by atoms with Crippen molar-refractivity contribution in [2.24, 2.45) is 5.92 Å². The zero-order valence-electron chi connectivity index (χ0n) is 26.7. The molecule has 0 saturated carbocycles. The predicted molar refractivity (Wildman–Crippen MR) is 204 cm³/mol. The smallest absolute Gasteiger partial charge is 0.136 e. The van der Waals surface area contributed by atoms with Crippen LogP contribution in [-0.2, 0) is 0 Å². The number of rotatable bonds is 6. The lowest BCUT2D eigenvalue weighted by atomic mass is 9.82. The van der Waals surface area contributed by atoms with Crippen LogP contribution in [-0.4, -0.2) is 6.04 Å². The summed E-state index contributed by atoms with van der Waals surface area (Å²) >= 11 is 0. The van der Waals surface area contributed by atoms with Gasteiger partial charge >= 0.3 is 0 Å². The van der Waals surface area contributed by atoms with E-state index in [0.29, 0.717) is 5.92 Å². The lowest BCUT2D eigenvalue weighted by Crippen LogP contribution is -2.32. The quantitative estimate of drug-likeness (QED) is 0.185. The molecule has 0 spiro atoms. The molecule has 230 valence electrons. The Morgan fingerprint density at radius 2 is 1.42 bits per heavy atom. The molecule has 0 bridgehead atoms. The highest BCUT2D eigenvalue weighted by Gasteiger charge is 2.27. The van der Waals surface area contributed by atoms with E-state index < -0.39 is 0 Å². The minimum Gasteiger partial charge on any atom is -0.456 e. The Hall–Kier alpha value is -5.86. The highest BCUT2D eigenvalue weighted by molar-refractivity contribution is 6.16. The van der Waals surface area contributed by atoms with Gasteiger partial charge in [-0.25, -0.2) is 0 Å². The van der Waals surface area contributed by atoms with Gasteiger partial charge in [0, 0.05) is 33.6 Å². The summed E-state index contributed by atoms with van der Waals surface area (Å²) in [5.74, 6) is 0.379. The number of nitrogens with zero attached hydrogens (tertiary/aromatic N) is 1. The second-order valence-electron chi connectivity index (χ2n) is 12.8. The van der Waals surface area contributed by atoms with Gasteiger partial charge in [-0.05, 0) is 87.5 Å². The van der Waals surface area contributed by atoms with E-state index in [2.05, 4.69) is 169 Å². The number of furan rings is 1. The third-order valence-corrected chi connectivity index (χ3v) is 10.0. The van der Waals surface area contributed by atoms with Gasteiger partial charge < -0.3 is 9.32 Å². The van der Waals surface area contributed by atoms with E-state index in [4.69, 9.17) is 4.42 Å². The molecule has 0 N–H and O–H groups in total. The second-order valence-corrected chi connectivity index (χ2v) is 12.8. The zero-order chi connectivity index (χ0) is 32.0. The Morgan fingerprint density at radius 1 is 0.667 bits per heavy atom. The van der Waals surface area contributed by atoms with Crippen LogP contribution in [0.1, 0.15) is 12.8 Å². The molecule has 0 aliphatic heterocycles. The van der Waals surface area contributed by atoms with Gasteiger partial charge in [-0.3, -0.25) is 0 Å².